The first-order valence-corrected chi connectivity index (χ1v) is 9.66. The van der Waals surface area contributed by atoms with Crippen LogP contribution in [0.4, 0.5) is 0 Å². The van der Waals surface area contributed by atoms with Gasteiger partial charge in [0.25, 0.3) is 0 Å². The summed E-state index contributed by atoms with van der Waals surface area (Å²) < 4.78 is 0. The summed E-state index contributed by atoms with van der Waals surface area (Å²) in [5.74, 6) is 0.911. The van der Waals surface area contributed by atoms with Crippen molar-refractivity contribution in [3.63, 3.8) is 0 Å². The summed E-state index contributed by atoms with van der Waals surface area (Å²) in [7, 11) is 0. The molecule has 126 valence electrons. The number of hydrogen-bond donors (Lipinski definition) is 1. The van der Waals surface area contributed by atoms with Gasteiger partial charge in [-0.25, -0.2) is 0 Å². The van der Waals surface area contributed by atoms with Gasteiger partial charge < -0.3 is 5.73 Å². The number of hydrogen-bond acceptors (Lipinski definition) is 3. The lowest BCUT2D eigenvalue weighted by atomic mass is 9.87. The number of nitrogens with two attached hydrogens (primary N) is 1. The highest BCUT2D eigenvalue weighted by molar-refractivity contribution is 8.14. The fraction of sp³-hybridized carbons (Fsp3) is 0.316. The molecule has 2 unspecified atom stereocenters. The molecule has 0 radical (unpaired) electrons. The summed E-state index contributed by atoms with van der Waals surface area (Å²) in [6.07, 6.45) is 0. The summed E-state index contributed by atoms with van der Waals surface area (Å²) in [6, 6.07) is 11.9. The molecule has 0 amide bonds. The molecule has 2 nitrogen and oxygen atoms in total. The van der Waals surface area contributed by atoms with Gasteiger partial charge in [0.15, 0.2) is 0 Å². The molecule has 2 atom stereocenters. The van der Waals surface area contributed by atoms with Crippen molar-refractivity contribution in [3.05, 3.63) is 68.7 Å². The van der Waals surface area contributed by atoms with Crippen LogP contribution in [0, 0.1) is 13.8 Å². The molecule has 0 spiro atoms. The van der Waals surface area contributed by atoms with Crippen LogP contribution >= 0.6 is 35.0 Å². The van der Waals surface area contributed by atoms with Gasteiger partial charge in [0.05, 0.1) is 21.0 Å². The highest BCUT2D eigenvalue weighted by Gasteiger charge is 2.31. The quantitative estimate of drug-likeness (QED) is 0.758. The van der Waals surface area contributed by atoms with Gasteiger partial charge in [-0.3, -0.25) is 4.99 Å². The van der Waals surface area contributed by atoms with E-state index in [0.717, 1.165) is 28.5 Å². The zero-order chi connectivity index (χ0) is 17.3. The SMILES string of the molecule is Cc1cc(C)cc(C(N)C(C2=NCCS2)c2cccc(Cl)c2Cl)c1. The van der Waals surface area contributed by atoms with Gasteiger partial charge in [0.2, 0.25) is 0 Å². The molecule has 0 fully saturated rings. The third kappa shape index (κ3) is 3.65. The smallest absolute Gasteiger partial charge is 0.0771 e. The second-order valence-corrected chi connectivity index (χ2v) is 8.04. The number of halogens is 2. The number of nitrogens with zero attached hydrogens (tertiary/aromatic N) is 1. The van der Waals surface area contributed by atoms with Crippen LogP contribution in [0.25, 0.3) is 0 Å². The lowest BCUT2D eigenvalue weighted by Gasteiger charge is -2.26. The summed E-state index contributed by atoms with van der Waals surface area (Å²) in [5, 5.41) is 2.17. The summed E-state index contributed by atoms with van der Waals surface area (Å²) in [6.45, 7) is 5.01. The number of rotatable bonds is 4. The molecule has 1 heterocycles. The zero-order valence-corrected chi connectivity index (χ0v) is 16.1. The average Bonchev–Trinajstić information content (AvgIpc) is 3.04. The molecule has 3 rings (SSSR count). The lowest BCUT2D eigenvalue weighted by Crippen LogP contribution is -2.25. The standard InChI is InChI=1S/C19H20Cl2N2S/c1-11-8-12(2)10-13(9-11)18(22)16(19-23-6-7-24-19)14-4-3-5-15(20)17(14)21/h3-5,8-10,16,18H,6-7,22H2,1-2H3. The van der Waals surface area contributed by atoms with Gasteiger partial charge >= 0.3 is 0 Å². The Morgan fingerprint density at radius 2 is 1.83 bits per heavy atom. The van der Waals surface area contributed by atoms with Crippen LogP contribution in [0.15, 0.2) is 41.4 Å². The van der Waals surface area contributed by atoms with Crippen molar-refractivity contribution in [1.82, 2.24) is 0 Å². The van der Waals surface area contributed by atoms with Crippen LogP contribution in [0.2, 0.25) is 10.0 Å². The zero-order valence-electron chi connectivity index (χ0n) is 13.7. The molecule has 0 aliphatic carbocycles. The summed E-state index contributed by atoms with van der Waals surface area (Å²) in [5.41, 5.74) is 11.2. The van der Waals surface area contributed by atoms with Gasteiger partial charge in [0.1, 0.15) is 0 Å². The molecule has 24 heavy (non-hydrogen) atoms. The van der Waals surface area contributed by atoms with Crippen molar-refractivity contribution in [1.29, 1.82) is 0 Å². The minimum atomic E-state index is -0.219. The molecule has 0 saturated heterocycles. The van der Waals surface area contributed by atoms with Gasteiger partial charge in [-0.2, -0.15) is 0 Å². The number of thioether (sulfide) groups is 1. The Hall–Kier alpha value is -1.000. The van der Waals surface area contributed by atoms with E-state index >= 15 is 0 Å². The van der Waals surface area contributed by atoms with E-state index in [4.69, 9.17) is 28.9 Å². The van der Waals surface area contributed by atoms with E-state index in [1.54, 1.807) is 17.8 Å². The van der Waals surface area contributed by atoms with Gasteiger partial charge in [-0.05, 0) is 31.0 Å². The molecule has 2 aromatic rings. The molecule has 0 saturated carbocycles. The summed E-state index contributed by atoms with van der Waals surface area (Å²) >= 11 is 14.5. The van der Waals surface area contributed by atoms with E-state index in [9.17, 15) is 0 Å². The Balaban J connectivity index is 2.09. The Morgan fingerprint density at radius 3 is 2.46 bits per heavy atom. The molecular weight excluding hydrogens is 359 g/mol. The molecule has 2 aromatic carbocycles. The van der Waals surface area contributed by atoms with E-state index in [-0.39, 0.29) is 12.0 Å². The second kappa shape index (κ2) is 7.49. The largest absolute Gasteiger partial charge is 0.323 e. The highest BCUT2D eigenvalue weighted by Crippen LogP contribution is 2.41. The maximum absolute atomic E-state index is 6.71. The number of aliphatic imine (C=N–C) groups is 1. The van der Waals surface area contributed by atoms with Gasteiger partial charge in [-0.1, -0.05) is 64.7 Å². The molecule has 0 bridgehead atoms. The van der Waals surface area contributed by atoms with Crippen LogP contribution in [0.5, 0.6) is 0 Å². The van der Waals surface area contributed by atoms with Crippen molar-refractivity contribution in [2.75, 3.05) is 12.3 Å². The fourth-order valence-electron chi connectivity index (χ4n) is 3.18. The van der Waals surface area contributed by atoms with Crippen molar-refractivity contribution >= 4 is 40.0 Å². The van der Waals surface area contributed by atoms with E-state index in [1.807, 2.05) is 12.1 Å². The van der Waals surface area contributed by atoms with Gasteiger partial charge in [0, 0.05) is 18.3 Å². The molecule has 2 N–H and O–H groups in total. The van der Waals surface area contributed by atoms with E-state index in [1.165, 1.54) is 11.1 Å². The Morgan fingerprint density at radius 1 is 1.12 bits per heavy atom. The first-order valence-electron chi connectivity index (χ1n) is 7.92. The minimum absolute atomic E-state index is 0.0788. The Kier molecular flexibility index (Phi) is 5.56. The maximum Gasteiger partial charge on any atom is 0.0771 e. The third-order valence-electron chi connectivity index (χ3n) is 4.18. The first kappa shape index (κ1) is 17.8. The first-order chi connectivity index (χ1) is 11.5. The van der Waals surface area contributed by atoms with Gasteiger partial charge in [-0.15, -0.1) is 11.8 Å². The van der Waals surface area contributed by atoms with E-state index in [0.29, 0.717) is 10.0 Å². The second-order valence-electron chi connectivity index (χ2n) is 6.14. The minimum Gasteiger partial charge on any atom is -0.323 e. The van der Waals surface area contributed by atoms with Crippen LogP contribution in [-0.4, -0.2) is 17.3 Å². The molecule has 1 aliphatic heterocycles. The molecule has 5 heteroatoms. The molecule has 1 aliphatic rings. The Labute approximate surface area is 157 Å². The predicted octanol–water partition coefficient (Wildman–Crippen LogP) is 5.54. The topological polar surface area (TPSA) is 38.4 Å². The lowest BCUT2D eigenvalue weighted by molar-refractivity contribution is 0.677. The molecule has 0 aromatic heterocycles. The third-order valence-corrected chi connectivity index (χ3v) is 6.08. The number of aryl methyl sites for hydroxylation is 2. The maximum atomic E-state index is 6.71. The predicted molar refractivity (Wildman–Crippen MR) is 107 cm³/mol. The van der Waals surface area contributed by atoms with Crippen molar-refractivity contribution in [2.24, 2.45) is 10.7 Å². The summed E-state index contributed by atoms with van der Waals surface area (Å²) in [4.78, 5) is 4.67. The van der Waals surface area contributed by atoms with Crippen LogP contribution in [-0.2, 0) is 0 Å². The fourth-order valence-corrected chi connectivity index (χ4v) is 4.63. The van der Waals surface area contributed by atoms with E-state index < -0.39 is 0 Å². The van der Waals surface area contributed by atoms with Crippen LogP contribution < -0.4 is 5.73 Å². The van der Waals surface area contributed by atoms with Crippen molar-refractivity contribution in [2.45, 2.75) is 25.8 Å². The monoisotopic (exact) mass is 378 g/mol. The van der Waals surface area contributed by atoms with Crippen molar-refractivity contribution in [3.8, 4) is 0 Å². The van der Waals surface area contributed by atoms with Crippen molar-refractivity contribution < 1.29 is 0 Å². The Bertz CT molecular complexity index is 769. The average molecular weight is 379 g/mol. The van der Waals surface area contributed by atoms with Crippen LogP contribution in [0.1, 0.15) is 34.2 Å². The number of benzene rings is 2. The van der Waals surface area contributed by atoms with E-state index in [2.05, 4.69) is 37.0 Å². The van der Waals surface area contributed by atoms with Crippen LogP contribution in [0.3, 0.4) is 0 Å². The molecular formula is C19H20Cl2N2S. The highest BCUT2D eigenvalue weighted by atomic mass is 35.5. The normalized spacial score (nSPS) is 16.8.